The monoisotopic (exact) mass is 484 g/mol. The number of nitrogens with zero attached hydrogens (tertiary/aromatic N) is 3. The maximum atomic E-state index is 13.1. The molecule has 1 amide bonds. The highest BCUT2D eigenvalue weighted by Crippen LogP contribution is 2.28. The molecule has 0 saturated heterocycles. The van der Waals surface area contributed by atoms with Crippen LogP contribution in [0.1, 0.15) is 32.9 Å². The van der Waals surface area contributed by atoms with Crippen molar-refractivity contribution in [2.45, 2.75) is 26.4 Å². The average molecular weight is 485 g/mol. The predicted molar refractivity (Wildman–Crippen MR) is 128 cm³/mol. The van der Waals surface area contributed by atoms with Crippen LogP contribution in [-0.4, -0.2) is 56.3 Å². The molecular weight excluding hydrogens is 456 g/mol. The topological polar surface area (TPSA) is 105 Å². The van der Waals surface area contributed by atoms with Crippen molar-refractivity contribution >= 4 is 16.1 Å². The number of benzene rings is 1. The molecule has 0 bridgehead atoms. The molecule has 4 rings (SSSR count). The molecule has 9 nitrogen and oxygen atoms in total. The number of ether oxygens (including phenoxy) is 1. The van der Waals surface area contributed by atoms with Crippen LogP contribution in [-0.2, 0) is 29.7 Å². The van der Waals surface area contributed by atoms with Crippen LogP contribution >= 0.6 is 0 Å². The summed E-state index contributed by atoms with van der Waals surface area (Å²) in [6, 6.07) is 10.9. The fourth-order valence-corrected chi connectivity index (χ4v) is 4.53. The lowest BCUT2D eigenvalue weighted by Crippen LogP contribution is -2.38. The number of nitrogens with one attached hydrogen (secondary N) is 1. The second kappa shape index (κ2) is 9.57. The summed E-state index contributed by atoms with van der Waals surface area (Å²) in [5.41, 5.74) is 4.43. The van der Waals surface area contributed by atoms with Crippen LogP contribution < -0.4 is 9.46 Å². The third-order valence-electron chi connectivity index (χ3n) is 5.99. The van der Waals surface area contributed by atoms with E-state index in [1.165, 1.54) is 14.1 Å². The molecule has 3 heterocycles. The van der Waals surface area contributed by atoms with E-state index in [1.807, 2.05) is 31.2 Å². The number of hydrogen-bond acceptors (Lipinski definition) is 6. The van der Waals surface area contributed by atoms with Crippen molar-refractivity contribution < 1.29 is 22.4 Å². The minimum atomic E-state index is -3.55. The van der Waals surface area contributed by atoms with Gasteiger partial charge in [-0.1, -0.05) is 0 Å². The van der Waals surface area contributed by atoms with Gasteiger partial charge >= 0.3 is 0 Å². The summed E-state index contributed by atoms with van der Waals surface area (Å²) in [5.74, 6) is 1.43. The van der Waals surface area contributed by atoms with E-state index in [4.69, 9.17) is 9.15 Å². The molecule has 0 radical (unpaired) electrons. The minimum Gasteiger partial charge on any atom is -0.497 e. The van der Waals surface area contributed by atoms with E-state index in [0.29, 0.717) is 25.3 Å². The van der Waals surface area contributed by atoms with Crippen LogP contribution in [0.5, 0.6) is 5.75 Å². The van der Waals surface area contributed by atoms with Gasteiger partial charge in [0.2, 0.25) is 0 Å². The van der Waals surface area contributed by atoms with Gasteiger partial charge in [0.15, 0.2) is 5.76 Å². The quantitative estimate of drug-likeness (QED) is 0.553. The molecule has 0 fully saturated rings. The van der Waals surface area contributed by atoms with Crippen molar-refractivity contribution in [3.63, 3.8) is 0 Å². The highest BCUT2D eigenvalue weighted by atomic mass is 32.2. The van der Waals surface area contributed by atoms with Gasteiger partial charge in [0, 0.05) is 51.2 Å². The number of aromatic nitrogens is 1. The molecule has 1 aliphatic heterocycles. The van der Waals surface area contributed by atoms with Gasteiger partial charge in [-0.15, -0.1) is 0 Å². The van der Waals surface area contributed by atoms with Crippen LogP contribution in [0.15, 0.2) is 47.0 Å². The number of fused-ring (bicyclic) bond motifs is 1. The van der Waals surface area contributed by atoms with E-state index in [2.05, 4.69) is 9.71 Å². The number of carbonyl (C=O) groups excluding carboxylic acids is 1. The van der Waals surface area contributed by atoms with Crippen molar-refractivity contribution in [2.24, 2.45) is 0 Å². The number of aryl methyl sites for hydroxylation is 1. The Bertz CT molecular complexity index is 1300. The standard InChI is InChI=1S/C24H28N4O5S/c1-16-21(14-26-34(30,31)27(2)3)20-11-12-28(15-18(20)13-25-16)24(29)23-10-9-22(33-23)17-5-7-19(32-4)8-6-17/h5-10,13,26H,11-12,14-15H2,1-4H3. The van der Waals surface area contributed by atoms with Gasteiger partial charge in [0.1, 0.15) is 11.5 Å². The molecule has 0 unspecified atom stereocenters. The molecule has 0 aliphatic carbocycles. The third-order valence-corrected chi connectivity index (χ3v) is 7.46. The number of methoxy groups -OCH3 is 1. The SMILES string of the molecule is COc1ccc(-c2ccc(C(=O)N3CCc4c(cnc(C)c4CNS(=O)(=O)N(C)C)C3)o2)cc1. The van der Waals surface area contributed by atoms with Gasteiger partial charge in [-0.05, 0) is 66.4 Å². The van der Waals surface area contributed by atoms with Gasteiger partial charge in [0.05, 0.1) is 7.11 Å². The number of rotatable bonds is 7. The predicted octanol–water partition coefficient (Wildman–Crippen LogP) is 2.75. The first kappa shape index (κ1) is 23.9. The van der Waals surface area contributed by atoms with Crippen molar-refractivity contribution in [2.75, 3.05) is 27.7 Å². The largest absolute Gasteiger partial charge is 0.497 e. The van der Waals surface area contributed by atoms with Gasteiger partial charge in [-0.2, -0.15) is 17.4 Å². The first-order chi connectivity index (χ1) is 16.2. The second-order valence-electron chi connectivity index (χ2n) is 8.30. The highest BCUT2D eigenvalue weighted by molar-refractivity contribution is 7.87. The normalized spacial score (nSPS) is 13.7. The van der Waals surface area contributed by atoms with Gasteiger partial charge in [-0.25, -0.2) is 0 Å². The lowest BCUT2D eigenvalue weighted by Gasteiger charge is -2.30. The molecule has 1 N–H and O–H groups in total. The van der Waals surface area contributed by atoms with Crippen molar-refractivity contribution in [3.05, 3.63) is 70.7 Å². The Kier molecular flexibility index (Phi) is 6.74. The van der Waals surface area contributed by atoms with E-state index >= 15 is 0 Å². The minimum absolute atomic E-state index is 0.153. The lowest BCUT2D eigenvalue weighted by molar-refractivity contribution is 0.0703. The molecule has 2 aromatic heterocycles. The summed E-state index contributed by atoms with van der Waals surface area (Å²) in [6.07, 6.45) is 2.37. The zero-order valence-corrected chi connectivity index (χ0v) is 20.5. The molecule has 3 aromatic rings. The molecule has 180 valence electrons. The van der Waals surface area contributed by atoms with Crippen LogP contribution in [0, 0.1) is 6.92 Å². The first-order valence-corrected chi connectivity index (χ1v) is 12.3. The number of furan rings is 1. The summed E-state index contributed by atoms with van der Waals surface area (Å²) >= 11 is 0. The summed E-state index contributed by atoms with van der Waals surface area (Å²) in [4.78, 5) is 19.3. The Morgan fingerprint density at radius 2 is 1.94 bits per heavy atom. The Morgan fingerprint density at radius 3 is 2.62 bits per heavy atom. The Balaban J connectivity index is 1.50. The number of carbonyl (C=O) groups is 1. The van der Waals surface area contributed by atoms with Gasteiger partial charge in [0.25, 0.3) is 16.1 Å². The van der Waals surface area contributed by atoms with E-state index in [0.717, 1.165) is 38.0 Å². The van der Waals surface area contributed by atoms with Crippen LogP contribution in [0.2, 0.25) is 0 Å². The highest BCUT2D eigenvalue weighted by Gasteiger charge is 2.27. The maximum Gasteiger partial charge on any atom is 0.289 e. The van der Waals surface area contributed by atoms with Crippen molar-refractivity contribution in [3.8, 4) is 17.1 Å². The average Bonchev–Trinajstić information content (AvgIpc) is 3.33. The third kappa shape index (κ3) is 4.84. The number of hydrogen-bond donors (Lipinski definition) is 1. The molecule has 1 aliphatic rings. The van der Waals surface area contributed by atoms with Crippen molar-refractivity contribution in [1.29, 1.82) is 0 Å². The molecular formula is C24H28N4O5S. The first-order valence-electron chi connectivity index (χ1n) is 10.9. The van der Waals surface area contributed by atoms with E-state index in [9.17, 15) is 13.2 Å². The molecule has 0 saturated carbocycles. The summed E-state index contributed by atoms with van der Waals surface area (Å²) in [6.45, 7) is 2.90. The number of amides is 1. The molecule has 0 spiro atoms. The smallest absolute Gasteiger partial charge is 0.289 e. The van der Waals surface area contributed by atoms with Gasteiger partial charge in [-0.3, -0.25) is 9.78 Å². The zero-order chi connectivity index (χ0) is 24.5. The van der Waals surface area contributed by atoms with Crippen LogP contribution in [0.25, 0.3) is 11.3 Å². The fraction of sp³-hybridized carbons (Fsp3) is 0.333. The zero-order valence-electron chi connectivity index (χ0n) is 19.7. The maximum absolute atomic E-state index is 13.1. The number of pyridine rings is 1. The molecule has 10 heteroatoms. The van der Waals surface area contributed by atoms with E-state index in [1.54, 1.807) is 30.3 Å². The fourth-order valence-electron chi connectivity index (χ4n) is 3.94. The molecule has 1 aromatic carbocycles. The van der Waals surface area contributed by atoms with Gasteiger partial charge < -0.3 is 14.1 Å². The Morgan fingerprint density at radius 1 is 1.21 bits per heavy atom. The van der Waals surface area contributed by atoms with E-state index in [-0.39, 0.29) is 18.2 Å². The van der Waals surface area contributed by atoms with Crippen LogP contribution in [0.3, 0.4) is 0 Å². The van der Waals surface area contributed by atoms with Crippen LogP contribution in [0.4, 0.5) is 0 Å². The lowest BCUT2D eigenvalue weighted by atomic mass is 9.95. The second-order valence-corrected chi connectivity index (χ2v) is 10.3. The molecule has 34 heavy (non-hydrogen) atoms. The summed E-state index contributed by atoms with van der Waals surface area (Å²) in [7, 11) is 1.01. The summed E-state index contributed by atoms with van der Waals surface area (Å²) in [5, 5.41) is 0. The Labute approximate surface area is 199 Å². The van der Waals surface area contributed by atoms with E-state index < -0.39 is 10.2 Å². The Hall–Kier alpha value is -3.21. The van der Waals surface area contributed by atoms with Crippen molar-refractivity contribution in [1.82, 2.24) is 18.9 Å². The summed E-state index contributed by atoms with van der Waals surface area (Å²) < 4.78 is 39.1. The molecule has 0 atom stereocenters.